The standard InChI is InChI=1S/C12H22N2O4S/c15-12(14-8-10-1-4-18-5-2-10)7-11-9-19(16,17)6-3-13-11/h10-11,13H,1-9H2,(H,14,15). The molecule has 110 valence electrons. The molecule has 0 aromatic heterocycles. The van der Waals surface area contributed by atoms with Gasteiger partial charge < -0.3 is 15.4 Å². The summed E-state index contributed by atoms with van der Waals surface area (Å²) in [4.78, 5) is 11.8. The Labute approximate surface area is 114 Å². The SMILES string of the molecule is O=C(CC1CS(=O)(=O)CCN1)NCC1CCOCC1. The zero-order valence-electron chi connectivity index (χ0n) is 11.1. The monoisotopic (exact) mass is 290 g/mol. The van der Waals surface area contributed by atoms with Crippen molar-refractivity contribution >= 4 is 15.7 Å². The minimum absolute atomic E-state index is 0.0672. The molecule has 7 heteroatoms. The summed E-state index contributed by atoms with van der Waals surface area (Å²) in [5.41, 5.74) is 0. The van der Waals surface area contributed by atoms with E-state index in [1.807, 2.05) is 0 Å². The molecule has 0 radical (unpaired) electrons. The fourth-order valence-electron chi connectivity index (χ4n) is 2.50. The Morgan fingerprint density at radius 2 is 2.05 bits per heavy atom. The average Bonchev–Trinajstić information content (AvgIpc) is 2.36. The molecule has 0 spiro atoms. The van der Waals surface area contributed by atoms with Crippen LogP contribution >= 0.6 is 0 Å². The third kappa shape index (κ3) is 5.08. The zero-order valence-corrected chi connectivity index (χ0v) is 11.9. The van der Waals surface area contributed by atoms with Gasteiger partial charge >= 0.3 is 0 Å². The van der Waals surface area contributed by atoms with E-state index in [0.717, 1.165) is 26.1 Å². The van der Waals surface area contributed by atoms with E-state index in [1.165, 1.54) is 0 Å². The Morgan fingerprint density at radius 1 is 1.32 bits per heavy atom. The van der Waals surface area contributed by atoms with Crippen molar-refractivity contribution in [1.82, 2.24) is 10.6 Å². The lowest BCUT2D eigenvalue weighted by Crippen LogP contribution is -2.47. The minimum Gasteiger partial charge on any atom is -0.381 e. The third-order valence-corrected chi connectivity index (χ3v) is 5.40. The zero-order chi connectivity index (χ0) is 13.7. The number of ether oxygens (including phenoxy) is 1. The van der Waals surface area contributed by atoms with Gasteiger partial charge in [0, 0.05) is 38.8 Å². The van der Waals surface area contributed by atoms with Crippen LogP contribution in [-0.2, 0) is 19.4 Å². The Balaban J connectivity index is 1.69. The first kappa shape index (κ1) is 14.7. The first-order chi connectivity index (χ1) is 9.05. The highest BCUT2D eigenvalue weighted by Gasteiger charge is 2.26. The second kappa shape index (κ2) is 6.67. The van der Waals surface area contributed by atoms with Crippen molar-refractivity contribution in [1.29, 1.82) is 0 Å². The Hall–Kier alpha value is -0.660. The summed E-state index contributed by atoms with van der Waals surface area (Å²) in [6.45, 7) is 2.65. The minimum atomic E-state index is -2.97. The predicted molar refractivity (Wildman–Crippen MR) is 71.6 cm³/mol. The van der Waals surface area contributed by atoms with E-state index in [2.05, 4.69) is 10.6 Å². The average molecular weight is 290 g/mol. The van der Waals surface area contributed by atoms with Gasteiger partial charge in [0.25, 0.3) is 0 Å². The van der Waals surface area contributed by atoms with Crippen molar-refractivity contribution in [3.63, 3.8) is 0 Å². The number of hydrogen-bond donors (Lipinski definition) is 2. The van der Waals surface area contributed by atoms with Crippen LogP contribution in [0.3, 0.4) is 0 Å². The van der Waals surface area contributed by atoms with Crippen molar-refractivity contribution in [2.75, 3.05) is 37.8 Å². The van der Waals surface area contributed by atoms with Crippen LogP contribution in [0.15, 0.2) is 0 Å². The van der Waals surface area contributed by atoms with Crippen LogP contribution in [0.2, 0.25) is 0 Å². The van der Waals surface area contributed by atoms with Crippen LogP contribution in [-0.4, -0.2) is 58.2 Å². The summed E-state index contributed by atoms with van der Waals surface area (Å²) in [6.07, 6.45) is 2.20. The van der Waals surface area contributed by atoms with Crippen LogP contribution < -0.4 is 10.6 Å². The molecule has 2 heterocycles. The lowest BCUT2D eigenvalue weighted by atomic mass is 10.0. The largest absolute Gasteiger partial charge is 0.381 e. The molecule has 0 aromatic carbocycles. The first-order valence-electron chi connectivity index (χ1n) is 6.83. The summed E-state index contributed by atoms with van der Waals surface area (Å²) >= 11 is 0. The molecule has 1 amide bonds. The van der Waals surface area contributed by atoms with Crippen LogP contribution in [0.1, 0.15) is 19.3 Å². The lowest BCUT2D eigenvalue weighted by Gasteiger charge is -2.25. The Bertz CT molecular complexity index is 404. The summed E-state index contributed by atoms with van der Waals surface area (Å²) in [6, 6.07) is -0.242. The number of amides is 1. The lowest BCUT2D eigenvalue weighted by molar-refractivity contribution is -0.121. The van der Waals surface area contributed by atoms with Gasteiger partial charge in [0.1, 0.15) is 0 Å². The number of nitrogens with one attached hydrogen (secondary N) is 2. The van der Waals surface area contributed by atoms with Crippen molar-refractivity contribution in [3.05, 3.63) is 0 Å². The molecule has 6 nitrogen and oxygen atoms in total. The van der Waals surface area contributed by atoms with Gasteiger partial charge in [-0.25, -0.2) is 8.42 Å². The third-order valence-electron chi connectivity index (χ3n) is 3.66. The molecule has 19 heavy (non-hydrogen) atoms. The number of carbonyl (C=O) groups is 1. The molecule has 2 saturated heterocycles. The van der Waals surface area contributed by atoms with Crippen molar-refractivity contribution in [2.24, 2.45) is 5.92 Å². The first-order valence-corrected chi connectivity index (χ1v) is 8.65. The molecular formula is C12H22N2O4S. The van der Waals surface area contributed by atoms with E-state index < -0.39 is 9.84 Å². The van der Waals surface area contributed by atoms with Gasteiger partial charge in [0.15, 0.2) is 9.84 Å². The predicted octanol–water partition coefficient (Wildman–Crippen LogP) is -0.694. The number of hydrogen-bond acceptors (Lipinski definition) is 5. The molecule has 0 saturated carbocycles. The molecular weight excluding hydrogens is 268 g/mol. The maximum atomic E-state index is 11.8. The fraction of sp³-hybridized carbons (Fsp3) is 0.917. The Morgan fingerprint density at radius 3 is 2.74 bits per heavy atom. The molecule has 2 aliphatic rings. The van der Waals surface area contributed by atoms with E-state index in [4.69, 9.17) is 4.74 Å². The van der Waals surface area contributed by atoms with Crippen molar-refractivity contribution in [2.45, 2.75) is 25.3 Å². The smallest absolute Gasteiger partial charge is 0.221 e. The Kier molecular flexibility index (Phi) is 5.18. The maximum absolute atomic E-state index is 11.8. The highest BCUT2D eigenvalue weighted by molar-refractivity contribution is 7.91. The van der Waals surface area contributed by atoms with Gasteiger partial charge in [0.2, 0.25) is 5.91 Å². The molecule has 0 bridgehead atoms. The van der Waals surface area contributed by atoms with Crippen LogP contribution in [0.25, 0.3) is 0 Å². The van der Waals surface area contributed by atoms with Crippen LogP contribution in [0.4, 0.5) is 0 Å². The molecule has 1 atom stereocenters. The van der Waals surface area contributed by atoms with Gasteiger partial charge in [-0.3, -0.25) is 4.79 Å². The molecule has 2 N–H and O–H groups in total. The van der Waals surface area contributed by atoms with Crippen LogP contribution in [0, 0.1) is 5.92 Å². The van der Waals surface area contributed by atoms with E-state index in [0.29, 0.717) is 19.0 Å². The molecule has 0 aromatic rings. The van der Waals surface area contributed by atoms with Gasteiger partial charge in [-0.1, -0.05) is 0 Å². The normalized spacial score (nSPS) is 27.9. The van der Waals surface area contributed by atoms with Gasteiger partial charge in [0.05, 0.1) is 11.5 Å². The van der Waals surface area contributed by atoms with Crippen molar-refractivity contribution < 1.29 is 17.9 Å². The summed E-state index contributed by atoms with van der Waals surface area (Å²) in [5.74, 6) is 0.659. The summed E-state index contributed by atoms with van der Waals surface area (Å²) in [5, 5.41) is 5.98. The summed E-state index contributed by atoms with van der Waals surface area (Å²) in [7, 11) is -2.97. The maximum Gasteiger partial charge on any atom is 0.221 e. The fourth-order valence-corrected chi connectivity index (χ4v) is 3.95. The molecule has 1 unspecified atom stereocenters. The van der Waals surface area contributed by atoms with Gasteiger partial charge in [-0.15, -0.1) is 0 Å². The topological polar surface area (TPSA) is 84.5 Å². The molecule has 2 fully saturated rings. The molecule has 2 aliphatic heterocycles. The van der Waals surface area contributed by atoms with Crippen LogP contribution in [0.5, 0.6) is 0 Å². The van der Waals surface area contributed by atoms with E-state index >= 15 is 0 Å². The van der Waals surface area contributed by atoms with Gasteiger partial charge in [-0.05, 0) is 18.8 Å². The second-order valence-corrected chi connectivity index (χ2v) is 7.56. The molecule has 0 aliphatic carbocycles. The highest BCUT2D eigenvalue weighted by atomic mass is 32.2. The second-order valence-electron chi connectivity index (χ2n) is 5.33. The van der Waals surface area contributed by atoms with E-state index in [1.54, 1.807) is 0 Å². The summed E-state index contributed by atoms with van der Waals surface area (Å²) < 4.78 is 28.2. The van der Waals surface area contributed by atoms with Gasteiger partial charge in [-0.2, -0.15) is 0 Å². The molecule has 2 rings (SSSR count). The van der Waals surface area contributed by atoms with Crippen molar-refractivity contribution in [3.8, 4) is 0 Å². The number of sulfone groups is 1. The quantitative estimate of drug-likeness (QED) is 0.716. The number of rotatable bonds is 4. The van der Waals surface area contributed by atoms with E-state index in [-0.39, 0.29) is 29.9 Å². The van der Waals surface area contributed by atoms with E-state index in [9.17, 15) is 13.2 Å². The highest BCUT2D eigenvalue weighted by Crippen LogP contribution is 2.13. The number of carbonyl (C=O) groups excluding carboxylic acids is 1.